The Balaban J connectivity index is 2.75. The van der Waals surface area contributed by atoms with E-state index >= 15 is 0 Å². The molecule has 1 rings (SSSR count). The lowest BCUT2D eigenvalue weighted by Crippen LogP contribution is -2.31. The van der Waals surface area contributed by atoms with E-state index in [1.54, 1.807) is 7.11 Å². The highest BCUT2D eigenvalue weighted by Crippen LogP contribution is 2.27. The first-order chi connectivity index (χ1) is 9.04. The maximum absolute atomic E-state index is 5.22. The molecule has 0 aliphatic rings. The predicted molar refractivity (Wildman–Crippen MR) is 85.7 cm³/mol. The zero-order valence-electron chi connectivity index (χ0n) is 12.4. The fourth-order valence-electron chi connectivity index (χ4n) is 2.23. The minimum Gasteiger partial charge on any atom is -0.385 e. The van der Waals surface area contributed by atoms with Gasteiger partial charge in [0.25, 0.3) is 0 Å². The summed E-state index contributed by atoms with van der Waals surface area (Å²) < 4.78 is 6.35. The molecule has 1 aromatic rings. The third-order valence-electron chi connectivity index (χ3n) is 3.51. The van der Waals surface area contributed by atoms with Crippen LogP contribution in [0.15, 0.2) is 28.7 Å². The van der Waals surface area contributed by atoms with Gasteiger partial charge in [0, 0.05) is 30.8 Å². The highest BCUT2D eigenvalue weighted by molar-refractivity contribution is 9.10. The summed E-state index contributed by atoms with van der Waals surface area (Å²) in [5.41, 5.74) is 1.40. The van der Waals surface area contributed by atoms with Crippen LogP contribution in [-0.4, -0.2) is 26.3 Å². The molecular weight excluding hydrogens is 302 g/mol. The van der Waals surface area contributed by atoms with Gasteiger partial charge in [0.05, 0.1) is 0 Å². The molecular formula is C16H26BrNO. The van der Waals surface area contributed by atoms with Gasteiger partial charge in [-0.15, -0.1) is 0 Å². The fraction of sp³-hybridized carbons (Fsp3) is 0.625. The number of nitrogens with one attached hydrogen (secondary N) is 1. The normalized spacial score (nSPS) is 14.6. The first-order valence-electron chi connectivity index (χ1n) is 7.02. The Morgan fingerprint density at radius 3 is 2.32 bits per heavy atom. The van der Waals surface area contributed by atoms with Crippen LogP contribution in [0.5, 0.6) is 0 Å². The Labute approximate surface area is 126 Å². The molecule has 1 aromatic carbocycles. The van der Waals surface area contributed by atoms with Crippen molar-refractivity contribution in [2.75, 3.05) is 20.3 Å². The molecule has 0 saturated carbocycles. The van der Waals surface area contributed by atoms with Crippen molar-refractivity contribution in [3.05, 3.63) is 34.3 Å². The van der Waals surface area contributed by atoms with Gasteiger partial charge in [0.2, 0.25) is 0 Å². The van der Waals surface area contributed by atoms with Gasteiger partial charge < -0.3 is 10.1 Å². The zero-order valence-corrected chi connectivity index (χ0v) is 14.0. The number of hydrogen-bond donors (Lipinski definition) is 1. The van der Waals surface area contributed by atoms with Crippen LogP contribution in [0.3, 0.4) is 0 Å². The van der Waals surface area contributed by atoms with Gasteiger partial charge in [-0.05, 0) is 36.0 Å². The van der Waals surface area contributed by atoms with Crippen molar-refractivity contribution in [2.24, 2.45) is 5.92 Å². The smallest absolute Gasteiger partial charge is 0.0465 e. The van der Waals surface area contributed by atoms with Crippen molar-refractivity contribution >= 4 is 15.9 Å². The van der Waals surface area contributed by atoms with E-state index in [1.165, 1.54) is 5.56 Å². The predicted octanol–water partition coefficient (Wildman–Crippen LogP) is 4.20. The van der Waals surface area contributed by atoms with E-state index in [0.717, 1.165) is 24.0 Å². The lowest BCUT2D eigenvalue weighted by Gasteiger charge is -2.26. The van der Waals surface area contributed by atoms with Crippen LogP contribution >= 0.6 is 15.9 Å². The average Bonchev–Trinajstić information content (AvgIpc) is 2.38. The van der Waals surface area contributed by atoms with Crippen molar-refractivity contribution in [2.45, 2.75) is 39.2 Å². The lowest BCUT2D eigenvalue weighted by molar-refractivity contribution is 0.173. The lowest BCUT2D eigenvalue weighted by atomic mass is 9.85. The van der Waals surface area contributed by atoms with Crippen LogP contribution in [0.2, 0.25) is 0 Å². The molecule has 3 heteroatoms. The summed E-state index contributed by atoms with van der Waals surface area (Å²) in [4.78, 5) is 0. The number of benzene rings is 1. The molecule has 0 aliphatic carbocycles. The fourth-order valence-corrected chi connectivity index (χ4v) is 2.49. The molecule has 2 nitrogen and oxygen atoms in total. The van der Waals surface area contributed by atoms with Crippen LogP contribution in [-0.2, 0) is 4.74 Å². The maximum atomic E-state index is 5.22. The highest BCUT2D eigenvalue weighted by Gasteiger charge is 2.19. The summed E-state index contributed by atoms with van der Waals surface area (Å²) in [6.07, 6.45) is 1.09. The minimum absolute atomic E-state index is 0.521. The van der Waals surface area contributed by atoms with Crippen LogP contribution in [0.1, 0.15) is 38.7 Å². The quantitative estimate of drug-likeness (QED) is 0.772. The van der Waals surface area contributed by atoms with Crippen molar-refractivity contribution in [3.8, 4) is 0 Å². The molecule has 2 unspecified atom stereocenters. The van der Waals surface area contributed by atoms with Gasteiger partial charge in [-0.3, -0.25) is 0 Å². The van der Waals surface area contributed by atoms with Crippen LogP contribution in [0.25, 0.3) is 0 Å². The standard InChI is InChI=1S/C16H26BrNO/c1-12(2)18-11-16(13(3)9-10-19-4)14-5-7-15(17)8-6-14/h5-8,12-13,16,18H,9-11H2,1-4H3. The first kappa shape index (κ1) is 16.7. The highest BCUT2D eigenvalue weighted by atomic mass is 79.9. The molecule has 2 atom stereocenters. The van der Waals surface area contributed by atoms with E-state index < -0.39 is 0 Å². The molecule has 0 fully saturated rings. The molecule has 0 amide bonds. The summed E-state index contributed by atoms with van der Waals surface area (Å²) in [5, 5.41) is 3.56. The Morgan fingerprint density at radius 2 is 1.79 bits per heavy atom. The van der Waals surface area contributed by atoms with E-state index in [2.05, 4.69) is 66.3 Å². The molecule has 0 spiro atoms. The first-order valence-corrected chi connectivity index (χ1v) is 7.81. The van der Waals surface area contributed by atoms with Gasteiger partial charge >= 0.3 is 0 Å². The number of halogens is 1. The summed E-state index contributed by atoms with van der Waals surface area (Å²) in [7, 11) is 1.77. The summed E-state index contributed by atoms with van der Waals surface area (Å²) in [5.74, 6) is 1.14. The van der Waals surface area contributed by atoms with E-state index in [0.29, 0.717) is 17.9 Å². The number of methoxy groups -OCH3 is 1. The van der Waals surface area contributed by atoms with Crippen molar-refractivity contribution < 1.29 is 4.74 Å². The molecule has 108 valence electrons. The summed E-state index contributed by atoms with van der Waals surface area (Å²) in [6.45, 7) is 8.55. The molecule has 0 aliphatic heterocycles. The largest absolute Gasteiger partial charge is 0.385 e. The van der Waals surface area contributed by atoms with Gasteiger partial charge in [0.1, 0.15) is 0 Å². The van der Waals surface area contributed by atoms with Crippen molar-refractivity contribution in [1.29, 1.82) is 0 Å². The van der Waals surface area contributed by atoms with Crippen LogP contribution < -0.4 is 5.32 Å². The number of hydrogen-bond acceptors (Lipinski definition) is 2. The molecule has 1 N–H and O–H groups in total. The van der Waals surface area contributed by atoms with E-state index in [1.807, 2.05) is 0 Å². The van der Waals surface area contributed by atoms with Crippen LogP contribution in [0.4, 0.5) is 0 Å². The van der Waals surface area contributed by atoms with E-state index in [-0.39, 0.29) is 0 Å². The summed E-state index contributed by atoms with van der Waals surface area (Å²) >= 11 is 3.50. The Morgan fingerprint density at radius 1 is 1.16 bits per heavy atom. The Hall–Kier alpha value is -0.380. The zero-order chi connectivity index (χ0) is 14.3. The second-order valence-electron chi connectivity index (χ2n) is 5.48. The monoisotopic (exact) mass is 327 g/mol. The third kappa shape index (κ3) is 6.07. The van der Waals surface area contributed by atoms with Crippen molar-refractivity contribution in [3.63, 3.8) is 0 Å². The molecule has 0 saturated heterocycles. The third-order valence-corrected chi connectivity index (χ3v) is 4.04. The molecule has 0 bridgehead atoms. The number of ether oxygens (including phenoxy) is 1. The van der Waals surface area contributed by atoms with E-state index in [9.17, 15) is 0 Å². The molecule has 0 heterocycles. The molecule has 0 radical (unpaired) electrons. The number of rotatable bonds is 8. The summed E-state index contributed by atoms with van der Waals surface area (Å²) in [6, 6.07) is 9.22. The average molecular weight is 328 g/mol. The second kappa shape index (κ2) is 8.72. The minimum atomic E-state index is 0.521. The van der Waals surface area contributed by atoms with Crippen LogP contribution in [0, 0.1) is 5.92 Å². The van der Waals surface area contributed by atoms with E-state index in [4.69, 9.17) is 4.74 Å². The van der Waals surface area contributed by atoms with Gasteiger partial charge in [-0.1, -0.05) is 48.8 Å². The van der Waals surface area contributed by atoms with Gasteiger partial charge in [-0.25, -0.2) is 0 Å². The SMILES string of the molecule is COCCC(C)C(CNC(C)C)c1ccc(Br)cc1. The molecule has 0 aromatic heterocycles. The van der Waals surface area contributed by atoms with Gasteiger partial charge in [0.15, 0.2) is 0 Å². The Bertz CT molecular complexity index is 350. The van der Waals surface area contributed by atoms with Crippen molar-refractivity contribution in [1.82, 2.24) is 5.32 Å². The second-order valence-corrected chi connectivity index (χ2v) is 6.40. The topological polar surface area (TPSA) is 21.3 Å². The van der Waals surface area contributed by atoms with Gasteiger partial charge in [-0.2, -0.15) is 0 Å². The Kier molecular flexibility index (Phi) is 7.66. The maximum Gasteiger partial charge on any atom is 0.0465 e. The molecule has 19 heavy (non-hydrogen) atoms.